The summed E-state index contributed by atoms with van der Waals surface area (Å²) < 4.78 is 5.70. The molecule has 0 aromatic heterocycles. The minimum atomic E-state index is -0.619. The number of aliphatic hydroxyl groups excluding tert-OH is 1. The second-order valence-electron chi connectivity index (χ2n) is 4.48. The Bertz CT molecular complexity index is 414. The third-order valence-electron chi connectivity index (χ3n) is 3.10. The van der Waals surface area contributed by atoms with Crippen LogP contribution in [-0.2, 0) is 4.79 Å². The van der Waals surface area contributed by atoms with Crippen LogP contribution < -0.4 is 4.74 Å². The molecule has 0 heterocycles. The molecule has 1 N–H and O–H groups in total. The van der Waals surface area contributed by atoms with Crippen molar-refractivity contribution in [3.8, 4) is 5.75 Å². The van der Waals surface area contributed by atoms with Crippen LogP contribution in [0.25, 0.3) is 0 Å². The Balaban J connectivity index is 2.82. The van der Waals surface area contributed by atoms with E-state index in [0.717, 1.165) is 0 Å². The molecule has 1 unspecified atom stereocenters. The zero-order valence-corrected chi connectivity index (χ0v) is 12.1. The SMILES string of the molecule is CCN(CC)C(=O)C(C)Oc1ccccc1[C@@H](C)O. The number of hydrogen-bond donors (Lipinski definition) is 1. The van der Waals surface area contributed by atoms with Gasteiger partial charge in [-0.2, -0.15) is 0 Å². The first-order chi connectivity index (χ1) is 9.01. The van der Waals surface area contributed by atoms with Crippen molar-refractivity contribution in [3.63, 3.8) is 0 Å². The highest BCUT2D eigenvalue weighted by atomic mass is 16.5. The van der Waals surface area contributed by atoms with E-state index in [0.29, 0.717) is 24.4 Å². The van der Waals surface area contributed by atoms with Gasteiger partial charge in [-0.3, -0.25) is 4.79 Å². The molecule has 0 saturated carbocycles. The van der Waals surface area contributed by atoms with E-state index in [2.05, 4.69) is 0 Å². The lowest BCUT2D eigenvalue weighted by Crippen LogP contribution is -2.40. The summed E-state index contributed by atoms with van der Waals surface area (Å²) in [7, 11) is 0. The smallest absolute Gasteiger partial charge is 0.263 e. The van der Waals surface area contributed by atoms with Crippen LogP contribution in [0.3, 0.4) is 0 Å². The lowest BCUT2D eigenvalue weighted by Gasteiger charge is -2.24. The highest BCUT2D eigenvalue weighted by Gasteiger charge is 2.21. The van der Waals surface area contributed by atoms with E-state index >= 15 is 0 Å². The number of ether oxygens (including phenoxy) is 1. The van der Waals surface area contributed by atoms with E-state index in [1.807, 2.05) is 26.0 Å². The molecule has 0 aliphatic rings. The fourth-order valence-electron chi connectivity index (χ4n) is 1.97. The van der Waals surface area contributed by atoms with Crippen LogP contribution in [0.5, 0.6) is 5.75 Å². The minimum Gasteiger partial charge on any atom is -0.481 e. The predicted molar refractivity (Wildman–Crippen MR) is 75.1 cm³/mol. The van der Waals surface area contributed by atoms with Crippen molar-refractivity contribution >= 4 is 5.91 Å². The molecule has 0 bridgehead atoms. The number of nitrogens with zero attached hydrogens (tertiary/aromatic N) is 1. The van der Waals surface area contributed by atoms with E-state index < -0.39 is 12.2 Å². The van der Waals surface area contributed by atoms with Gasteiger partial charge in [0.15, 0.2) is 6.10 Å². The van der Waals surface area contributed by atoms with Crippen LogP contribution in [0.15, 0.2) is 24.3 Å². The molecule has 1 aromatic rings. The van der Waals surface area contributed by atoms with E-state index in [4.69, 9.17) is 4.74 Å². The molecule has 1 amide bonds. The summed E-state index contributed by atoms with van der Waals surface area (Å²) in [6.45, 7) is 8.64. The zero-order valence-electron chi connectivity index (χ0n) is 12.1. The van der Waals surface area contributed by atoms with E-state index in [9.17, 15) is 9.90 Å². The Morgan fingerprint density at radius 3 is 2.37 bits per heavy atom. The molecule has 19 heavy (non-hydrogen) atoms. The quantitative estimate of drug-likeness (QED) is 0.859. The molecule has 4 heteroatoms. The number of amides is 1. The molecule has 0 spiro atoms. The van der Waals surface area contributed by atoms with Crippen LogP contribution in [0, 0.1) is 0 Å². The first-order valence-electron chi connectivity index (χ1n) is 6.73. The number of rotatable bonds is 6. The van der Waals surface area contributed by atoms with Crippen molar-refractivity contribution in [1.82, 2.24) is 4.90 Å². The Morgan fingerprint density at radius 1 is 1.26 bits per heavy atom. The number of hydrogen-bond acceptors (Lipinski definition) is 3. The fraction of sp³-hybridized carbons (Fsp3) is 0.533. The largest absolute Gasteiger partial charge is 0.481 e. The maximum atomic E-state index is 12.1. The van der Waals surface area contributed by atoms with Crippen molar-refractivity contribution in [2.45, 2.75) is 39.9 Å². The van der Waals surface area contributed by atoms with Crippen molar-refractivity contribution in [3.05, 3.63) is 29.8 Å². The zero-order chi connectivity index (χ0) is 14.4. The summed E-state index contributed by atoms with van der Waals surface area (Å²) in [4.78, 5) is 13.9. The topological polar surface area (TPSA) is 49.8 Å². The lowest BCUT2D eigenvalue weighted by atomic mass is 10.1. The van der Waals surface area contributed by atoms with E-state index in [-0.39, 0.29) is 5.91 Å². The Labute approximate surface area is 115 Å². The molecule has 0 saturated heterocycles. The number of benzene rings is 1. The third kappa shape index (κ3) is 3.96. The fourth-order valence-corrected chi connectivity index (χ4v) is 1.97. The molecular weight excluding hydrogens is 242 g/mol. The summed E-state index contributed by atoms with van der Waals surface area (Å²) in [5.74, 6) is 0.524. The average molecular weight is 265 g/mol. The van der Waals surface area contributed by atoms with Crippen molar-refractivity contribution in [2.75, 3.05) is 13.1 Å². The standard InChI is InChI=1S/C15H23NO3/c1-5-16(6-2)15(18)12(4)19-14-10-8-7-9-13(14)11(3)17/h7-12,17H,5-6H2,1-4H3/t11-,12?/m1/s1. The predicted octanol–water partition coefficient (Wildman–Crippen LogP) is 2.38. The first-order valence-corrected chi connectivity index (χ1v) is 6.73. The normalized spacial score (nSPS) is 13.7. The van der Waals surface area contributed by atoms with Gasteiger partial charge in [0.05, 0.1) is 6.10 Å². The lowest BCUT2D eigenvalue weighted by molar-refractivity contribution is -0.137. The molecule has 106 valence electrons. The Kier molecular flexibility index (Phi) is 5.83. The molecular formula is C15H23NO3. The second kappa shape index (κ2) is 7.14. The van der Waals surface area contributed by atoms with Crippen molar-refractivity contribution in [2.24, 2.45) is 0 Å². The van der Waals surface area contributed by atoms with Crippen LogP contribution >= 0.6 is 0 Å². The summed E-state index contributed by atoms with van der Waals surface area (Å²) in [5.41, 5.74) is 0.696. The molecule has 0 aliphatic heterocycles. The second-order valence-corrected chi connectivity index (χ2v) is 4.48. The van der Waals surface area contributed by atoms with Gasteiger partial charge in [0, 0.05) is 18.7 Å². The third-order valence-corrected chi connectivity index (χ3v) is 3.10. The minimum absolute atomic E-state index is 0.0367. The molecule has 0 aliphatic carbocycles. The molecule has 0 radical (unpaired) electrons. The number of aliphatic hydroxyl groups is 1. The van der Waals surface area contributed by atoms with Gasteiger partial charge in [-0.1, -0.05) is 18.2 Å². The van der Waals surface area contributed by atoms with Gasteiger partial charge in [0.25, 0.3) is 5.91 Å². The summed E-state index contributed by atoms with van der Waals surface area (Å²) in [6.07, 6.45) is -1.17. The van der Waals surface area contributed by atoms with Gasteiger partial charge in [0.2, 0.25) is 0 Å². The molecule has 0 fully saturated rings. The van der Waals surface area contributed by atoms with Gasteiger partial charge in [-0.15, -0.1) is 0 Å². The number of likely N-dealkylation sites (N-methyl/N-ethyl adjacent to an activating group) is 1. The van der Waals surface area contributed by atoms with Gasteiger partial charge >= 0.3 is 0 Å². The van der Waals surface area contributed by atoms with Gasteiger partial charge in [-0.05, 0) is 33.8 Å². The van der Waals surface area contributed by atoms with Crippen LogP contribution in [0.1, 0.15) is 39.4 Å². The van der Waals surface area contributed by atoms with E-state index in [1.54, 1.807) is 30.9 Å². The van der Waals surface area contributed by atoms with Crippen molar-refractivity contribution < 1.29 is 14.6 Å². The van der Waals surface area contributed by atoms with Crippen molar-refractivity contribution in [1.29, 1.82) is 0 Å². The number of para-hydroxylation sites is 1. The first kappa shape index (κ1) is 15.5. The van der Waals surface area contributed by atoms with Crippen LogP contribution in [0.2, 0.25) is 0 Å². The monoisotopic (exact) mass is 265 g/mol. The highest BCUT2D eigenvalue weighted by Crippen LogP contribution is 2.25. The van der Waals surface area contributed by atoms with Crippen LogP contribution in [0.4, 0.5) is 0 Å². The average Bonchev–Trinajstić information content (AvgIpc) is 2.40. The summed E-state index contributed by atoms with van der Waals surface area (Å²) in [5, 5.41) is 9.68. The molecule has 1 rings (SSSR count). The molecule has 4 nitrogen and oxygen atoms in total. The maximum absolute atomic E-state index is 12.1. The summed E-state index contributed by atoms with van der Waals surface area (Å²) in [6, 6.07) is 7.24. The molecule has 1 aromatic carbocycles. The Hall–Kier alpha value is -1.55. The van der Waals surface area contributed by atoms with Gasteiger partial charge in [-0.25, -0.2) is 0 Å². The van der Waals surface area contributed by atoms with Gasteiger partial charge < -0.3 is 14.7 Å². The highest BCUT2D eigenvalue weighted by molar-refractivity contribution is 5.80. The van der Waals surface area contributed by atoms with Gasteiger partial charge in [0.1, 0.15) is 5.75 Å². The summed E-state index contributed by atoms with van der Waals surface area (Å²) >= 11 is 0. The number of carbonyl (C=O) groups is 1. The molecule has 2 atom stereocenters. The maximum Gasteiger partial charge on any atom is 0.263 e. The van der Waals surface area contributed by atoms with E-state index in [1.165, 1.54) is 0 Å². The van der Waals surface area contributed by atoms with Crippen LogP contribution in [-0.4, -0.2) is 35.1 Å². The Morgan fingerprint density at radius 2 is 1.84 bits per heavy atom. The number of carbonyl (C=O) groups excluding carboxylic acids is 1.